The van der Waals surface area contributed by atoms with E-state index in [1.165, 1.54) is 16.7 Å². The van der Waals surface area contributed by atoms with Crippen molar-refractivity contribution in [2.24, 2.45) is 0 Å². The van der Waals surface area contributed by atoms with Crippen LogP contribution in [0.2, 0.25) is 0 Å². The standard InChI is InChI=1S/C10H11ClO/c1-6-3-8-7(4-9(8)11)5-10(6)12-2/h3,5,9H,4H2,1-2H3. The number of alkyl halides is 1. The number of benzene rings is 1. The van der Waals surface area contributed by atoms with Crippen LogP contribution < -0.4 is 4.74 Å². The number of aryl methyl sites for hydroxylation is 1. The molecule has 64 valence electrons. The predicted octanol–water partition coefficient (Wildman–Crippen LogP) is 2.84. The average Bonchev–Trinajstić information content (AvgIpc) is 2.06. The lowest BCUT2D eigenvalue weighted by Gasteiger charge is -2.26. The largest absolute Gasteiger partial charge is 0.496 e. The highest BCUT2D eigenvalue weighted by atomic mass is 35.5. The van der Waals surface area contributed by atoms with E-state index in [9.17, 15) is 0 Å². The lowest BCUT2D eigenvalue weighted by atomic mass is 9.86. The van der Waals surface area contributed by atoms with Gasteiger partial charge in [0.1, 0.15) is 5.75 Å². The van der Waals surface area contributed by atoms with Gasteiger partial charge in [-0.05, 0) is 36.1 Å². The SMILES string of the molecule is COc1cc2c(cc1C)C(Cl)C2. The molecule has 0 radical (unpaired) electrons. The second-order valence-corrected chi connectivity index (χ2v) is 3.72. The summed E-state index contributed by atoms with van der Waals surface area (Å²) < 4.78 is 5.21. The maximum atomic E-state index is 6.01. The Bertz CT molecular complexity index is 304. The number of hydrogen-bond donors (Lipinski definition) is 0. The molecule has 0 spiro atoms. The lowest BCUT2D eigenvalue weighted by molar-refractivity contribution is 0.410. The minimum absolute atomic E-state index is 0.226. The molecule has 12 heavy (non-hydrogen) atoms. The van der Waals surface area contributed by atoms with Gasteiger partial charge in [-0.25, -0.2) is 0 Å². The summed E-state index contributed by atoms with van der Waals surface area (Å²) in [5.74, 6) is 0.970. The van der Waals surface area contributed by atoms with Crippen molar-refractivity contribution in [2.45, 2.75) is 18.7 Å². The highest BCUT2D eigenvalue weighted by Gasteiger charge is 2.24. The second kappa shape index (κ2) is 2.67. The average molecular weight is 183 g/mol. The molecule has 2 rings (SSSR count). The van der Waals surface area contributed by atoms with Crippen LogP contribution in [-0.2, 0) is 6.42 Å². The molecular formula is C10H11ClO. The Morgan fingerprint density at radius 1 is 1.50 bits per heavy atom. The summed E-state index contributed by atoms with van der Waals surface area (Å²) in [6.07, 6.45) is 0.980. The van der Waals surface area contributed by atoms with Crippen LogP contribution in [-0.4, -0.2) is 7.11 Å². The molecule has 0 saturated carbocycles. The smallest absolute Gasteiger partial charge is 0.122 e. The summed E-state index contributed by atoms with van der Waals surface area (Å²) >= 11 is 6.01. The van der Waals surface area contributed by atoms with E-state index in [0.717, 1.165) is 12.2 Å². The first-order valence-electron chi connectivity index (χ1n) is 4.04. The summed E-state index contributed by atoms with van der Waals surface area (Å²) in [5, 5.41) is 0.226. The van der Waals surface area contributed by atoms with Crippen molar-refractivity contribution in [3.63, 3.8) is 0 Å². The topological polar surface area (TPSA) is 9.23 Å². The van der Waals surface area contributed by atoms with Crippen LogP contribution in [0.15, 0.2) is 12.1 Å². The van der Waals surface area contributed by atoms with Crippen molar-refractivity contribution in [1.29, 1.82) is 0 Å². The summed E-state index contributed by atoms with van der Waals surface area (Å²) in [6, 6.07) is 4.21. The zero-order chi connectivity index (χ0) is 8.72. The fourth-order valence-corrected chi connectivity index (χ4v) is 1.98. The lowest BCUT2D eigenvalue weighted by Crippen LogP contribution is -2.12. The van der Waals surface area contributed by atoms with Crippen LogP contribution in [0.4, 0.5) is 0 Å². The van der Waals surface area contributed by atoms with Gasteiger partial charge in [-0.15, -0.1) is 11.6 Å². The summed E-state index contributed by atoms with van der Waals surface area (Å²) in [4.78, 5) is 0. The van der Waals surface area contributed by atoms with E-state index in [2.05, 4.69) is 12.1 Å². The van der Waals surface area contributed by atoms with Gasteiger partial charge in [0.25, 0.3) is 0 Å². The number of hydrogen-bond acceptors (Lipinski definition) is 1. The molecule has 0 amide bonds. The Labute approximate surface area is 77.3 Å². The predicted molar refractivity (Wildman–Crippen MR) is 50.0 cm³/mol. The highest BCUT2D eigenvalue weighted by Crippen LogP contribution is 2.41. The van der Waals surface area contributed by atoms with Gasteiger partial charge in [0.15, 0.2) is 0 Å². The Balaban J connectivity index is 2.47. The van der Waals surface area contributed by atoms with E-state index in [4.69, 9.17) is 16.3 Å². The van der Waals surface area contributed by atoms with Gasteiger partial charge in [-0.2, -0.15) is 0 Å². The third kappa shape index (κ3) is 1.00. The fraction of sp³-hybridized carbons (Fsp3) is 0.400. The summed E-state index contributed by atoms with van der Waals surface area (Å²) in [7, 11) is 1.70. The summed E-state index contributed by atoms with van der Waals surface area (Å²) in [5.41, 5.74) is 3.77. The van der Waals surface area contributed by atoms with Gasteiger partial charge < -0.3 is 4.74 Å². The van der Waals surface area contributed by atoms with Crippen LogP contribution >= 0.6 is 11.6 Å². The monoisotopic (exact) mass is 182 g/mol. The molecule has 0 bridgehead atoms. The second-order valence-electron chi connectivity index (χ2n) is 3.19. The maximum Gasteiger partial charge on any atom is 0.122 e. The van der Waals surface area contributed by atoms with Crippen molar-refractivity contribution < 1.29 is 4.74 Å². The molecule has 1 atom stereocenters. The molecule has 0 N–H and O–H groups in total. The van der Waals surface area contributed by atoms with Crippen molar-refractivity contribution in [3.8, 4) is 5.75 Å². The number of methoxy groups -OCH3 is 1. The van der Waals surface area contributed by atoms with E-state index in [0.29, 0.717) is 0 Å². The molecule has 1 aliphatic rings. The molecule has 0 fully saturated rings. The van der Waals surface area contributed by atoms with Crippen molar-refractivity contribution in [1.82, 2.24) is 0 Å². The molecule has 2 heteroatoms. The molecule has 1 unspecified atom stereocenters. The first-order chi connectivity index (χ1) is 5.72. The Kier molecular flexibility index (Phi) is 1.76. The third-order valence-electron chi connectivity index (χ3n) is 2.39. The number of fused-ring (bicyclic) bond motifs is 1. The molecule has 0 aromatic heterocycles. The minimum atomic E-state index is 0.226. The molecular weight excluding hydrogens is 172 g/mol. The zero-order valence-corrected chi connectivity index (χ0v) is 7.98. The van der Waals surface area contributed by atoms with E-state index in [-0.39, 0.29) is 5.38 Å². The molecule has 1 aromatic rings. The van der Waals surface area contributed by atoms with E-state index >= 15 is 0 Å². The van der Waals surface area contributed by atoms with Crippen molar-refractivity contribution in [3.05, 3.63) is 28.8 Å². The van der Waals surface area contributed by atoms with Gasteiger partial charge >= 0.3 is 0 Å². The molecule has 0 heterocycles. The van der Waals surface area contributed by atoms with Crippen LogP contribution in [0.25, 0.3) is 0 Å². The first kappa shape index (κ1) is 7.93. The minimum Gasteiger partial charge on any atom is -0.496 e. The quantitative estimate of drug-likeness (QED) is 0.607. The molecule has 1 nitrogen and oxygen atoms in total. The van der Waals surface area contributed by atoms with E-state index < -0.39 is 0 Å². The van der Waals surface area contributed by atoms with Crippen molar-refractivity contribution >= 4 is 11.6 Å². The third-order valence-corrected chi connectivity index (χ3v) is 2.78. The number of rotatable bonds is 1. The first-order valence-corrected chi connectivity index (χ1v) is 4.47. The van der Waals surface area contributed by atoms with Crippen LogP contribution in [0, 0.1) is 6.92 Å². The Morgan fingerprint density at radius 3 is 2.83 bits per heavy atom. The highest BCUT2D eigenvalue weighted by molar-refractivity contribution is 6.22. The van der Waals surface area contributed by atoms with Crippen LogP contribution in [0.1, 0.15) is 22.1 Å². The van der Waals surface area contributed by atoms with Gasteiger partial charge in [0.2, 0.25) is 0 Å². The molecule has 1 aromatic carbocycles. The number of ether oxygens (including phenoxy) is 1. The molecule has 1 aliphatic carbocycles. The fourth-order valence-electron chi connectivity index (χ4n) is 1.61. The molecule has 0 saturated heterocycles. The van der Waals surface area contributed by atoms with Gasteiger partial charge in [-0.1, -0.05) is 6.07 Å². The normalized spacial score (nSPS) is 19.8. The van der Waals surface area contributed by atoms with Crippen molar-refractivity contribution in [2.75, 3.05) is 7.11 Å². The van der Waals surface area contributed by atoms with Gasteiger partial charge in [0.05, 0.1) is 12.5 Å². The summed E-state index contributed by atoms with van der Waals surface area (Å²) in [6.45, 7) is 2.04. The zero-order valence-electron chi connectivity index (χ0n) is 7.23. The van der Waals surface area contributed by atoms with E-state index in [1.807, 2.05) is 6.92 Å². The maximum absolute atomic E-state index is 6.01. The van der Waals surface area contributed by atoms with E-state index in [1.54, 1.807) is 7.11 Å². The van der Waals surface area contributed by atoms with Gasteiger partial charge in [-0.3, -0.25) is 0 Å². The van der Waals surface area contributed by atoms with Gasteiger partial charge in [0, 0.05) is 0 Å². The number of halogens is 1. The Morgan fingerprint density at radius 2 is 2.25 bits per heavy atom. The van der Waals surface area contributed by atoms with Crippen LogP contribution in [0.3, 0.4) is 0 Å². The Hall–Kier alpha value is -0.690. The molecule has 0 aliphatic heterocycles. The van der Waals surface area contributed by atoms with Crippen LogP contribution in [0.5, 0.6) is 5.75 Å².